The minimum absolute atomic E-state index is 0.0440. The van der Waals surface area contributed by atoms with Gasteiger partial charge in [0.05, 0.1) is 12.8 Å². The third-order valence-electron chi connectivity index (χ3n) is 5.54. The van der Waals surface area contributed by atoms with E-state index in [1.54, 1.807) is 36.4 Å². The molecule has 0 aliphatic carbocycles. The van der Waals surface area contributed by atoms with Crippen LogP contribution in [0.25, 0.3) is 17.0 Å². The third kappa shape index (κ3) is 4.70. The lowest BCUT2D eigenvalue weighted by molar-refractivity contribution is -0.142. The Labute approximate surface area is 193 Å². The Kier molecular flexibility index (Phi) is 6.23. The van der Waals surface area contributed by atoms with Crippen molar-refractivity contribution in [1.82, 2.24) is 19.6 Å². The molecule has 10 heteroatoms. The van der Waals surface area contributed by atoms with Crippen LogP contribution in [0.4, 0.5) is 18.9 Å². The van der Waals surface area contributed by atoms with Gasteiger partial charge < -0.3 is 10.1 Å². The van der Waals surface area contributed by atoms with Crippen LogP contribution in [0.1, 0.15) is 48.1 Å². The lowest BCUT2D eigenvalue weighted by Crippen LogP contribution is -2.16. The number of alkyl halides is 3. The summed E-state index contributed by atoms with van der Waals surface area (Å²) < 4.78 is 47.0. The molecule has 0 aliphatic heterocycles. The number of aromatic nitrogens is 4. The van der Waals surface area contributed by atoms with E-state index in [1.165, 1.54) is 7.11 Å². The molecule has 1 unspecified atom stereocenters. The van der Waals surface area contributed by atoms with Crippen LogP contribution in [0.3, 0.4) is 0 Å². The highest BCUT2D eigenvalue weighted by Gasteiger charge is 2.36. The Morgan fingerprint density at radius 1 is 1.09 bits per heavy atom. The van der Waals surface area contributed by atoms with Gasteiger partial charge in [0, 0.05) is 11.3 Å². The SMILES string of the molecule is CCC(C)c1ccc(NC(=O)c2nc3nc(-c4ccc(OC)cc4)cc(C(F)(F)F)n3n2)cc1. The number of fused-ring (bicyclic) bond motifs is 1. The smallest absolute Gasteiger partial charge is 0.433 e. The van der Waals surface area contributed by atoms with E-state index >= 15 is 0 Å². The van der Waals surface area contributed by atoms with Gasteiger partial charge in [-0.05, 0) is 60.4 Å². The number of halogens is 3. The molecule has 2 heterocycles. The van der Waals surface area contributed by atoms with Crippen LogP contribution in [0.2, 0.25) is 0 Å². The molecule has 0 spiro atoms. The first kappa shape index (κ1) is 23.2. The molecule has 4 rings (SSSR count). The number of nitrogens with one attached hydrogen (secondary N) is 1. The number of anilines is 1. The number of ether oxygens (including phenoxy) is 1. The summed E-state index contributed by atoms with van der Waals surface area (Å²) in [5.74, 6) is -0.564. The van der Waals surface area contributed by atoms with E-state index in [2.05, 4.69) is 34.2 Å². The largest absolute Gasteiger partial charge is 0.497 e. The van der Waals surface area contributed by atoms with Crippen LogP contribution in [0.5, 0.6) is 5.75 Å². The Morgan fingerprint density at radius 3 is 2.35 bits per heavy atom. The Balaban J connectivity index is 1.68. The van der Waals surface area contributed by atoms with Gasteiger partial charge in [-0.25, -0.2) is 4.98 Å². The van der Waals surface area contributed by atoms with Crippen molar-refractivity contribution in [2.45, 2.75) is 32.4 Å². The van der Waals surface area contributed by atoms with Crippen molar-refractivity contribution in [2.75, 3.05) is 12.4 Å². The second-order valence-electron chi connectivity index (χ2n) is 7.79. The standard InChI is InChI=1S/C24H22F3N5O2/c1-4-14(2)15-5-9-17(10-6-15)28-22(33)21-30-23-29-19(16-7-11-18(34-3)12-8-16)13-20(24(25,26)27)32(23)31-21/h5-14H,4H2,1-3H3,(H,28,33). The Hall–Kier alpha value is -3.95. The lowest BCUT2D eigenvalue weighted by atomic mass is 9.99. The van der Waals surface area contributed by atoms with E-state index in [0.717, 1.165) is 18.1 Å². The first-order chi connectivity index (χ1) is 16.2. The quantitative estimate of drug-likeness (QED) is 0.398. The minimum Gasteiger partial charge on any atom is -0.497 e. The number of carbonyl (C=O) groups is 1. The summed E-state index contributed by atoms with van der Waals surface area (Å²) in [7, 11) is 1.49. The maximum absolute atomic E-state index is 13.8. The molecule has 0 saturated carbocycles. The molecule has 0 bridgehead atoms. The fourth-order valence-electron chi connectivity index (χ4n) is 3.39. The average molecular weight is 469 g/mol. The van der Waals surface area contributed by atoms with Crippen LogP contribution in [0.15, 0.2) is 54.6 Å². The second-order valence-corrected chi connectivity index (χ2v) is 7.79. The van der Waals surface area contributed by atoms with Gasteiger partial charge in [-0.1, -0.05) is 26.0 Å². The second kappa shape index (κ2) is 9.12. The van der Waals surface area contributed by atoms with E-state index in [0.29, 0.717) is 27.4 Å². The van der Waals surface area contributed by atoms with Crippen LogP contribution in [-0.2, 0) is 6.18 Å². The van der Waals surface area contributed by atoms with Crippen molar-refractivity contribution < 1.29 is 22.7 Å². The average Bonchev–Trinajstić information content (AvgIpc) is 3.27. The normalized spacial score (nSPS) is 12.5. The van der Waals surface area contributed by atoms with E-state index in [-0.39, 0.29) is 11.5 Å². The van der Waals surface area contributed by atoms with Crippen molar-refractivity contribution in [2.24, 2.45) is 0 Å². The molecule has 0 fully saturated rings. The molecule has 4 aromatic rings. The molecule has 0 aliphatic rings. The van der Waals surface area contributed by atoms with Gasteiger partial charge in [0.1, 0.15) is 5.75 Å². The zero-order valence-electron chi connectivity index (χ0n) is 18.7. The molecule has 7 nitrogen and oxygen atoms in total. The molecule has 176 valence electrons. The fourth-order valence-corrected chi connectivity index (χ4v) is 3.39. The summed E-state index contributed by atoms with van der Waals surface area (Å²) in [4.78, 5) is 20.8. The highest BCUT2D eigenvalue weighted by Crippen LogP contribution is 2.32. The monoisotopic (exact) mass is 469 g/mol. The molecule has 2 aromatic carbocycles. The molecular weight excluding hydrogens is 447 g/mol. The summed E-state index contributed by atoms with van der Waals surface area (Å²) in [6.45, 7) is 4.18. The van der Waals surface area contributed by atoms with Gasteiger partial charge in [-0.2, -0.15) is 22.7 Å². The predicted molar refractivity (Wildman–Crippen MR) is 121 cm³/mol. The van der Waals surface area contributed by atoms with E-state index in [1.807, 2.05) is 12.1 Å². The van der Waals surface area contributed by atoms with E-state index < -0.39 is 23.6 Å². The number of hydrogen-bond acceptors (Lipinski definition) is 5. The van der Waals surface area contributed by atoms with Crippen molar-refractivity contribution >= 4 is 17.4 Å². The third-order valence-corrected chi connectivity index (χ3v) is 5.54. The molecule has 2 aromatic heterocycles. The molecule has 34 heavy (non-hydrogen) atoms. The van der Waals surface area contributed by atoms with E-state index in [9.17, 15) is 18.0 Å². The van der Waals surface area contributed by atoms with E-state index in [4.69, 9.17) is 4.74 Å². The first-order valence-electron chi connectivity index (χ1n) is 10.6. The number of rotatable bonds is 6. The molecular formula is C24H22F3N5O2. The highest BCUT2D eigenvalue weighted by molar-refractivity contribution is 6.01. The number of nitrogens with zero attached hydrogens (tertiary/aromatic N) is 4. The molecule has 1 amide bonds. The van der Waals surface area contributed by atoms with Gasteiger partial charge in [0.15, 0.2) is 5.69 Å². The number of hydrogen-bond donors (Lipinski definition) is 1. The summed E-state index contributed by atoms with van der Waals surface area (Å²) in [6.07, 6.45) is -3.76. The summed E-state index contributed by atoms with van der Waals surface area (Å²) >= 11 is 0. The number of methoxy groups -OCH3 is 1. The maximum Gasteiger partial charge on any atom is 0.433 e. The van der Waals surface area contributed by atoms with Crippen molar-refractivity contribution in [3.63, 3.8) is 0 Å². The van der Waals surface area contributed by atoms with Gasteiger partial charge >= 0.3 is 6.18 Å². The van der Waals surface area contributed by atoms with Gasteiger partial charge in [0.2, 0.25) is 5.82 Å². The van der Waals surface area contributed by atoms with Crippen LogP contribution in [-0.4, -0.2) is 32.6 Å². The fraction of sp³-hybridized carbons (Fsp3) is 0.250. The zero-order valence-corrected chi connectivity index (χ0v) is 18.7. The molecule has 1 atom stereocenters. The molecule has 1 N–H and O–H groups in total. The van der Waals surface area contributed by atoms with Gasteiger partial charge in [-0.15, -0.1) is 5.10 Å². The Morgan fingerprint density at radius 2 is 1.76 bits per heavy atom. The van der Waals surface area contributed by atoms with Gasteiger partial charge in [0.25, 0.3) is 11.7 Å². The summed E-state index contributed by atoms with van der Waals surface area (Å²) in [5.41, 5.74) is 0.995. The molecule has 0 saturated heterocycles. The summed E-state index contributed by atoms with van der Waals surface area (Å²) in [5, 5.41) is 6.41. The number of carbonyl (C=O) groups excluding carboxylic acids is 1. The number of amides is 1. The van der Waals surface area contributed by atoms with Crippen molar-refractivity contribution in [1.29, 1.82) is 0 Å². The first-order valence-corrected chi connectivity index (χ1v) is 10.6. The van der Waals surface area contributed by atoms with Crippen molar-refractivity contribution in [3.05, 3.63) is 71.7 Å². The van der Waals surface area contributed by atoms with Crippen LogP contribution < -0.4 is 10.1 Å². The lowest BCUT2D eigenvalue weighted by Gasteiger charge is -2.10. The topological polar surface area (TPSA) is 81.4 Å². The molecule has 0 radical (unpaired) electrons. The van der Waals surface area contributed by atoms with Crippen LogP contribution in [0, 0.1) is 0 Å². The number of benzene rings is 2. The van der Waals surface area contributed by atoms with Gasteiger partial charge in [-0.3, -0.25) is 4.79 Å². The zero-order chi connectivity index (χ0) is 24.5. The maximum atomic E-state index is 13.8. The van der Waals surface area contributed by atoms with Crippen LogP contribution >= 0.6 is 0 Å². The summed E-state index contributed by atoms with van der Waals surface area (Å²) in [6, 6.07) is 14.5. The minimum atomic E-state index is -4.74. The predicted octanol–water partition coefficient (Wildman–Crippen LogP) is 5.58. The Bertz CT molecular complexity index is 1320. The highest BCUT2D eigenvalue weighted by atomic mass is 19.4. The van der Waals surface area contributed by atoms with Crippen molar-refractivity contribution in [3.8, 4) is 17.0 Å².